The SMILES string of the molecule is CC1(C)C(C=CC=CC=C2N(CCOC=O)c3c(c4ccccc4c4ccccc34)C2(C)Cc2ccccc2)=[N+](CCC(=O)O)c2ccccc21. The highest BCUT2D eigenvalue weighted by Crippen LogP contribution is 2.55. The standard InChI is InChI=1S/C45H42N2O4/c1-44(2)37-22-14-15-23-38(37)46(27-26-41(49)50)39(44)24-8-5-9-25-40-45(3,30-32-16-6-4-7-17-32)42-35-20-12-10-18-33(35)34-19-11-13-21-36(34)43(42)47(40)28-29-51-31-48/h4-25,31H,26-30H2,1-3H3/p+1. The fourth-order valence-corrected chi connectivity index (χ4v) is 8.34. The van der Waals surface area contributed by atoms with Crippen LogP contribution in [0.4, 0.5) is 11.4 Å². The Labute approximate surface area is 299 Å². The molecule has 2 aliphatic rings. The van der Waals surface area contributed by atoms with Gasteiger partial charge in [-0.3, -0.25) is 9.59 Å². The number of carbonyl (C=O) groups excluding carboxylic acids is 1. The minimum Gasteiger partial charge on any atom is -0.481 e. The average Bonchev–Trinajstić information content (AvgIpc) is 3.51. The maximum Gasteiger partial charge on any atom is 0.309 e. The van der Waals surface area contributed by atoms with Gasteiger partial charge in [0.1, 0.15) is 13.0 Å². The van der Waals surface area contributed by atoms with Crippen LogP contribution >= 0.6 is 0 Å². The maximum absolute atomic E-state index is 11.6. The first-order valence-corrected chi connectivity index (χ1v) is 17.6. The van der Waals surface area contributed by atoms with Crippen molar-refractivity contribution in [3.05, 3.63) is 156 Å². The third-order valence-electron chi connectivity index (χ3n) is 10.6. The zero-order chi connectivity index (χ0) is 35.6. The Morgan fingerprint density at radius 3 is 2.18 bits per heavy atom. The molecule has 0 saturated carbocycles. The molecule has 1 atom stereocenters. The number of ether oxygens (including phenoxy) is 1. The van der Waals surface area contributed by atoms with Gasteiger partial charge in [-0.05, 0) is 60.6 Å². The minimum absolute atomic E-state index is 0.0528. The molecule has 1 N–H and O–H groups in total. The Bertz CT molecular complexity index is 2260. The van der Waals surface area contributed by atoms with Crippen molar-refractivity contribution in [2.75, 3.05) is 24.6 Å². The van der Waals surface area contributed by atoms with Crippen molar-refractivity contribution in [3.8, 4) is 0 Å². The third-order valence-corrected chi connectivity index (χ3v) is 10.6. The van der Waals surface area contributed by atoms with Crippen molar-refractivity contribution in [1.82, 2.24) is 0 Å². The summed E-state index contributed by atoms with van der Waals surface area (Å²) in [4.78, 5) is 25.2. The summed E-state index contributed by atoms with van der Waals surface area (Å²) in [5, 5.41) is 14.3. The van der Waals surface area contributed by atoms with Crippen molar-refractivity contribution < 1.29 is 24.0 Å². The van der Waals surface area contributed by atoms with Gasteiger partial charge >= 0.3 is 5.97 Å². The molecule has 7 rings (SSSR count). The smallest absolute Gasteiger partial charge is 0.309 e. The highest BCUT2D eigenvalue weighted by atomic mass is 16.5. The molecule has 0 amide bonds. The Balaban J connectivity index is 1.36. The van der Waals surface area contributed by atoms with Gasteiger partial charge in [-0.2, -0.15) is 4.58 Å². The number of para-hydroxylation sites is 1. The van der Waals surface area contributed by atoms with E-state index in [9.17, 15) is 14.7 Å². The van der Waals surface area contributed by atoms with Crippen molar-refractivity contribution in [2.24, 2.45) is 0 Å². The summed E-state index contributed by atoms with van der Waals surface area (Å²) in [5.41, 5.74) is 7.42. The molecule has 1 unspecified atom stereocenters. The Kier molecular flexibility index (Phi) is 9.17. The molecule has 0 aromatic heterocycles. The molecular weight excluding hydrogens is 633 g/mol. The van der Waals surface area contributed by atoms with E-state index in [0.717, 1.165) is 29.2 Å². The molecule has 0 bridgehead atoms. The van der Waals surface area contributed by atoms with Crippen molar-refractivity contribution in [3.63, 3.8) is 0 Å². The summed E-state index contributed by atoms with van der Waals surface area (Å²) < 4.78 is 7.45. The number of aliphatic carboxylic acids is 1. The maximum atomic E-state index is 11.6. The number of fused-ring (bicyclic) bond motifs is 7. The van der Waals surface area contributed by atoms with Crippen LogP contribution in [0.3, 0.4) is 0 Å². The molecule has 6 heteroatoms. The summed E-state index contributed by atoms with van der Waals surface area (Å²) in [6, 6.07) is 36.1. The van der Waals surface area contributed by atoms with Gasteiger partial charge in [-0.15, -0.1) is 0 Å². The summed E-state index contributed by atoms with van der Waals surface area (Å²) in [5.74, 6) is -0.813. The summed E-state index contributed by atoms with van der Waals surface area (Å²) in [6.45, 7) is 8.41. The average molecular weight is 676 g/mol. The van der Waals surface area contributed by atoms with Crippen LogP contribution in [-0.2, 0) is 31.6 Å². The molecule has 0 fully saturated rings. The molecule has 5 aromatic rings. The van der Waals surface area contributed by atoms with Crippen LogP contribution in [0.15, 0.2) is 139 Å². The Morgan fingerprint density at radius 2 is 1.45 bits per heavy atom. The zero-order valence-corrected chi connectivity index (χ0v) is 29.4. The highest BCUT2D eigenvalue weighted by molar-refractivity contribution is 6.17. The van der Waals surface area contributed by atoms with Crippen LogP contribution in [0.25, 0.3) is 21.5 Å². The second kappa shape index (κ2) is 13.9. The van der Waals surface area contributed by atoms with Crippen LogP contribution in [0, 0.1) is 0 Å². The lowest BCUT2D eigenvalue weighted by molar-refractivity contribution is -0.436. The molecule has 0 spiro atoms. The topological polar surface area (TPSA) is 69.8 Å². The predicted molar refractivity (Wildman–Crippen MR) is 206 cm³/mol. The van der Waals surface area contributed by atoms with Crippen LogP contribution in [0.5, 0.6) is 0 Å². The molecule has 0 saturated heterocycles. The van der Waals surface area contributed by atoms with Gasteiger partial charge in [0.2, 0.25) is 5.69 Å². The van der Waals surface area contributed by atoms with Crippen LogP contribution in [0.2, 0.25) is 0 Å². The number of carboxylic acids is 1. The Hall–Kier alpha value is -5.75. The summed E-state index contributed by atoms with van der Waals surface area (Å²) in [6.07, 6.45) is 11.4. The fourth-order valence-electron chi connectivity index (χ4n) is 8.34. The molecule has 2 heterocycles. The van der Waals surface area contributed by atoms with Crippen molar-refractivity contribution in [1.29, 1.82) is 0 Å². The van der Waals surface area contributed by atoms with Crippen molar-refractivity contribution >= 4 is 51.1 Å². The number of anilines is 1. The number of carbonyl (C=O) groups is 2. The van der Waals surface area contributed by atoms with Gasteiger partial charge in [0.25, 0.3) is 6.47 Å². The summed E-state index contributed by atoms with van der Waals surface area (Å²) in [7, 11) is 0. The molecule has 5 aromatic carbocycles. The third kappa shape index (κ3) is 6.05. The van der Waals surface area contributed by atoms with Gasteiger partial charge in [0, 0.05) is 34.2 Å². The van der Waals surface area contributed by atoms with Gasteiger partial charge in [-0.25, -0.2) is 0 Å². The number of benzene rings is 5. The first kappa shape index (κ1) is 33.7. The lowest BCUT2D eigenvalue weighted by atomic mass is 9.74. The van der Waals surface area contributed by atoms with E-state index < -0.39 is 11.4 Å². The largest absolute Gasteiger partial charge is 0.481 e. The van der Waals surface area contributed by atoms with E-state index in [-0.39, 0.29) is 18.4 Å². The van der Waals surface area contributed by atoms with E-state index in [2.05, 4.69) is 152 Å². The van der Waals surface area contributed by atoms with E-state index in [1.807, 2.05) is 12.1 Å². The fraction of sp³-hybridized carbons (Fsp3) is 0.222. The molecule has 0 radical (unpaired) electrons. The summed E-state index contributed by atoms with van der Waals surface area (Å²) >= 11 is 0. The lowest BCUT2D eigenvalue weighted by Gasteiger charge is -2.31. The number of nitrogens with zero attached hydrogens (tertiary/aromatic N) is 2. The van der Waals surface area contributed by atoms with E-state index in [0.29, 0.717) is 19.6 Å². The number of allylic oxidation sites excluding steroid dienone is 6. The normalized spacial score (nSPS) is 18.7. The first-order valence-electron chi connectivity index (χ1n) is 17.6. The molecule has 2 aliphatic heterocycles. The van der Waals surface area contributed by atoms with Crippen LogP contribution < -0.4 is 4.90 Å². The van der Waals surface area contributed by atoms with Crippen molar-refractivity contribution in [2.45, 2.75) is 44.4 Å². The zero-order valence-electron chi connectivity index (χ0n) is 29.4. The highest BCUT2D eigenvalue weighted by Gasteiger charge is 2.46. The molecular formula is C45H43N2O4+. The number of carboxylic acid groups (broad SMARTS) is 1. The van der Waals surface area contributed by atoms with E-state index in [1.54, 1.807) is 0 Å². The van der Waals surface area contributed by atoms with Gasteiger partial charge < -0.3 is 14.7 Å². The molecule has 6 nitrogen and oxygen atoms in total. The predicted octanol–water partition coefficient (Wildman–Crippen LogP) is 9.03. The molecule has 0 aliphatic carbocycles. The van der Waals surface area contributed by atoms with E-state index >= 15 is 0 Å². The molecule has 51 heavy (non-hydrogen) atoms. The first-order chi connectivity index (χ1) is 24.8. The van der Waals surface area contributed by atoms with E-state index in [4.69, 9.17) is 4.74 Å². The van der Waals surface area contributed by atoms with Crippen LogP contribution in [-0.4, -0.2) is 47.5 Å². The number of hydrogen-bond acceptors (Lipinski definition) is 4. The van der Waals surface area contributed by atoms with Gasteiger partial charge in [0.05, 0.1) is 17.6 Å². The second-order valence-electron chi connectivity index (χ2n) is 14.0. The lowest BCUT2D eigenvalue weighted by Crippen LogP contribution is -2.32. The minimum atomic E-state index is -0.813. The number of rotatable bonds is 12. The Morgan fingerprint density at radius 1 is 0.804 bits per heavy atom. The van der Waals surface area contributed by atoms with Crippen LogP contribution in [0.1, 0.15) is 43.9 Å². The quantitative estimate of drug-likeness (QED) is 0.0470. The monoisotopic (exact) mass is 675 g/mol. The molecule has 256 valence electrons. The second-order valence-corrected chi connectivity index (χ2v) is 14.0. The van der Waals surface area contributed by atoms with Gasteiger partial charge in [0.15, 0.2) is 12.3 Å². The van der Waals surface area contributed by atoms with E-state index in [1.165, 1.54) is 38.2 Å². The van der Waals surface area contributed by atoms with Gasteiger partial charge in [-0.1, -0.05) is 115 Å². The number of hydrogen-bond donors (Lipinski definition) is 1.